The van der Waals surface area contributed by atoms with Crippen LogP contribution in [-0.4, -0.2) is 37.9 Å². The first-order valence-electron chi connectivity index (χ1n) is 6.28. The molecule has 1 fully saturated rings. The maximum Gasteiger partial charge on any atom is 0.695 e. The van der Waals surface area contributed by atoms with Crippen molar-refractivity contribution in [2.75, 3.05) is 0 Å². The molecule has 21 heavy (non-hydrogen) atoms. The summed E-state index contributed by atoms with van der Waals surface area (Å²) in [6, 6.07) is 0. The highest BCUT2D eigenvalue weighted by Crippen LogP contribution is 2.36. The van der Waals surface area contributed by atoms with Gasteiger partial charge in [0.2, 0.25) is 0 Å². The van der Waals surface area contributed by atoms with Gasteiger partial charge in [-0.15, -0.1) is 9.42 Å². The van der Waals surface area contributed by atoms with Crippen molar-refractivity contribution in [2.24, 2.45) is 0 Å². The highest BCUT2D eigenvalue weighted by atomic mass is 31.1. The third-order valence-corrected chi connectivity index (χ3v) is 3.72. The molecule has 0 bridgehead atoms. The number of aliphatic hydroxyl groups is 1. The molecule has 0 amide bonds. The molecule has 1 aromatic rings. The minimum Gasteiger partial charge on any atom is -0.391 e. The number of aryl methyl sites for hydroxylation is 1. The van der Waals surface area contributed by atoms with Gasteiger partial charge in [-0.3, -0.25) is 14.3 Å². The van der Waals surface area contributed by atoms with Crippen LogP contribution < -0.4 is 11.2 Å². The lowest BCUT2D eigenvalue weighted by Gasteiger charge is -2.18. The van der Waals surface area contributed by atoms with Crippen LogP contribution in [0.2, 0.25) is 0 Å². The lowest BCUT2D eigenvalue weighted by atomic mass is 10.1. The molecule has 2 rings (SSSR count). The summed E-state index contributed by atoms with van der Waals surface area (Å²) in [5.74, 6) is 0. The number of hydrogen-bond acceptors (Lipinski definition) is 6. The second-order valence-corrected chi connectivity index (χ2v) is 5.58. The average molecular weight is 319 g/mol. The quantitative estimate of drug-likeness (QED) is 0.640. The monoisotopic (exact) mass is 319 g/mol. The molecule has 9 nitrogen and oxygen atoms in total. The Morgan fingerprint density at radius 2 is 2.24 bits per heavy atom. The fourth-order valence-corrected chi connectivity index (χ4v) is 2.72. The first-order chi connectivity index (χ1) is 9.79. The summed E-state index contributed by atoms with van der Waals surface area (Å²) in [7, 11) is -2.86. The van der Waals surface area contributed by atoms with Gasteiger partial charge in [0.05, 0.1) is 6.10 Å². The molecule has 1 aliphatic rings. The summed E-state index contributed by atoms with van der Waals surface area (Å²) in [5, 5.41) is 9.64. The second kappa shape index (κ2) is 6.17. The zero-order valence-corrected chi connectivity index (χ0v) is 12.3. The van der Waals surface area contributed by atoms with Gasteiger partial charge in [0, 0.05) is 22.7 Å². The number of nitrogens with one attached hydrogen (secondary N) is 1. The maximum atomic E-state index is 11.8. The van der Waals surface area contributed by atoms with E-state index in [4.69, 9.17) is 14.2 Å². The SMILES string of the molecule is Cc1cn([C@H]2C[C@@H](O[P+](=O)O)C([C@H](C)O)O2)c(=O)[nH]c1=O. The molecule has 0 aliphatic carbocycles. The average Bonchev–Trinajstić information content (AvgIpc) is 2.76. The van der Waals surface area contributed by atoms with E-state index in [9.17, 15) is 19.3 Å². The Morgan fingerprint density at radius 3 is 2.81 bits per heavy atom. The van der Waals surface area contributed by atoms with Crippen LogP contribution in [0.1, 0.15) is 25.1 Å². The third-order valence-electron chi connectivity index (χ3n) is 3.27. The molecular weight excluding hydrogens is 303 g/mol. The van der Waals surface area contributed by atoms with Gasteiger partial charge in [-0.25, -0.2) is 4.79 Å². The standard InChI is InChI=1S/C11H15N2O7P/c1-5-4-13(11(16)12-10(5)15)8-3-7(20-21(17)18)9(19-8)6(2)14/h4,6-9,14H,3H2,1-2H3,(H-,12,15,16,17,18)/p+1/t6-,7+,8+,9?/m0/s1. The van der Waals surface area contributed by atoms with E-state index in [1.807, 2.05) is 0 Å². The molecule has 0 spiro atoms. The van der Waals surface area contributed by atoms with Gasteiger partial charge in [-0.05, 0) is 13.8 Å². The fraction of sp³-hybridized carbons (Fsp3) is 0.636. The van der Waals surface area contributed by atoms with Crippen LogP contribution in [0.3, 0.4) is 0 Å². The number of nitrogens with zero attached hydrogens (tertiary/aromatic N) is 1. The molecule has 1 aliphatic heterocycles. The van der Waals surface area contributed by atoms with E-state index < -0.39 is 44.0 Å². The predicted octanol–water partition coefficient (Wildman–Crippen LogP) is -0.452. The van der Waals surface area contributed by atoms with Gasteiger partial charge in [0.1, 0.15) is 18.4 Å². The van der Waals surface area contributed by atoms with Crippen LogP contribution in [0.25, 0.3) is 0 Å². The molecule has 0 aromatic carbocycles. The first kappa shape index (κ1) is 16.0. The van der Waals surface area contributed by atoms with E-state index in [0.717, 1.165) is 0 Å². The smallest absolute Gasteiger partial charge is 0.391 e. The van der Waals surface area contributed by atoms with Crippen LogP contribution >= 0.6 is 8.25 Å². The first-order valence-corrected chi connectivity index (χ1v) is 7.41. The Kier molecular flexibility index (Phi) is 4.70. The van der Waals surface area contributed by atoms with Gasteiger partial charge < -0.3 is 9.84 Å². The summed E-state index contributed by atoms with van der Waals surface area (Å²) >= 11 is 0. The van der Waals surface area contributed by atoms with E-state index >= 15 is 0 Å². The Balaban J connectivity index is 2.30. The van der Waals surface area contributed by atoms with E-state index in [1.165, 1.54) is 24.6 Å². The number of H-pyrrole nitrogens is 1. The zero-order chi connectivity index (χ0) is 15.7. The summed E-state index contributed by atoms with van der Waals surface area (Å²) in [5.41, 5.74) is -0.828. The van der Waals surface area contributed by atoms with Crippen molar-refractivity contribution >= 4 is 8.25 Å². The van der Waals surface area contributed by atoms with Gasteiger partial charge >= 0.3 is 13.9 Å². The van der Waals surface area contributed by atoms with Crippen LogP contribution in [0.4, 0.5) is 0 Å². The van der Waals surface area contributed by atoms with E-state index in [-0.39, 0.29) is 6.42 Å². The number of aromatic nitrogens is 2. The van der Waals surface area contributed by atoms with Crippen molar-refractivity contribution in [1.29, 1.82) is 0 Å². The summed E-state index contributed by atoms with van der Waals surface area (Å²) in [4.78, 5) is 34.1. The number of aliphatic hydroxyl groups excluding tert-OH is 1. The molecule has 116 valence electrons. The lowest BCUT2D eigenvalue weighted by molar-refractivity contribution is -0.0735. The minimum atomic E-state index is -2.86. The van der Waals surface area contributed by atoms with Crippen molar-refractivity contribution in [1.82, 2.24) is 9.55 Å². The van der Waals surface area contributed by atoms with Gasteiger partial charge in [-0.1, -0.05) is 0 Å². The lowest BCUT2D eigenvalue weighted by Crippen LogP contribution is -2.34. The molecule has 5 atom stereocenters. The Morgan fingerprint density at radius 1 is 1.57 bits per heavy atom. The van der Waals surface area contributed by atoms with Crippen molar-refractivity contribution in [2.45, 2.75) is 44.8 Å². The molecule has 1 aromatic heterocycles. The number of hydrogen-bond donors (Lipinski definition) is 3. The number of ether oxygens (including phenoxy) is 1. The van der Waals surface area contributed by atoms with Crippen molar-refractivity contribution in [3.05, 3.63) is 32.6 Å². The molecular formula is C11H16N2O7P+. The topological polar surface area (TPSA) is 131 Å². The minimum absolute atomic E-state index is 0.0998. The molecule has 1 saturated heterocycles. The molecule has 0 saturated carbocycles. The van der Waals surface area contributed by atoms with Gasteiger partial charge in [0.25, 0.3) is 5.56 Å². The normalized spacial score (nSPS) is 27.6. The molecule has 3 N–H and O–H groups in total. The summed E-state index contributed by atoms with van der Waals surface area (Å²) < 4.78 is 22.3. The fourth-order valence-electron chi connectivity index (χ4n) is 2.28. The van der Waals surface area contributed by atoms with Crippen molar-refractivity contribution in [3.8, 4) is 0 Å². The van der Waals surface area contributed by atoms with Crippen LogP contribution in [0.15, 0.2) is 15.8 Å². The summed E-state index contributed by atoms with van der Waals surface area (Å²) in [6.45, 7) is 2.99. The molecule has 2 unspecified atom stereocenters. The summed E-state index contributed by atoms with van der Waals surface area (Å²) in [6.07, 6.45) is -1.99. The Labute approximate surface area is 120 Å². The van der Waals surface area contributed by atoms with E-state index in [0.29, 0.717) is 5.56 Å². The van der Waals surface area contributed by atoms with Crippen LogP contribution in [-0.2, 0) is 13.8 Å². The predicted molar refractivity (Wildman–Crippen MR) is 71.0 cm³/mol. The van der Waals surface area contributed by atoms with Crippen LogP contribution in [0, 0.1) is 6.92 Å². The van der Waals surface area contributed by atoms with Crippen molar-refractivity contribution in [3.63, 3.8) is 0 Å². The highest BCUT2D eigenvalue weighted by Gasteiger charge is 2.44. The van der Waals surface area contributed by atoms with E-state index in [2.05, 4.69) is 4.98 Å². The second-order valence-electron chi connectivity index (χ2n) is 4.89. The van der Waals surface area contributed by atoms with E-state index in [1.54, 1.807) is 0 Å². The Bertz CT molecular complexity index is 653. The van der Waals surface area contributed by atoms with Gasteiger partial charge in [-0.2, -0.15) is 0 Å². The van der Waals surface area contributed by atoms with Crippen LogP contribution in [0.5, 0.6) is 0 Å². The number of aromatic amines is 1. The highest BCUT2D eigenvalue weighted by molar-refractivity contribution is 7.32. The van der Waals surface area contributed by atoms with Crippen molar-refractivity contribution < 1.29 is 23.8 Å². The Hall–Kier alpha value is -1.38. The van der Waals surface area contributed by atoms with Gasteiger partial charge in [0.15, 0.2) is 0 Å². The molecule has 2 heterocycles. The number of rotatable bonds is 4. The zero-order valence-electron chi connectivity index (χ0n) is 11.4. The third kappa shape index (κ3) is 3.45. The largest absolute Gasteiger partial charge is 0.695 e. The molecule has 0 radical (unpaired) electrons. The maximum absolute atomic E-state index is 11.8. The molecule has 10 heteroatoms.